The van der Waals surface area contributed by atoms with Crippen LogP contribution >= 0.6 is 0 Å². The number of azo groups is 1. The summed E-state index contributed by atoms with van der Waals surface area (Å²) >= 11 is 0. The molecule has 0 aromatic heterocycles. The van der Waals surface area contributed by atoms with Gasteiger partial charge in [-0.1, -0.05) is 6.92 Å². The quantitative estimate of drug-likeness (QED) is 0.474. The number of hydrogen-bond donors (Lipinski definition) is 2. The topological polar surface area (TPSA) is 119 Å². The molecule has 0 rings (SSSR count). The first-order chi connectivity index (χ1) is 10.7. The number of nitriles is 1. The number of aliphatic carboxylic acids is 1. The first-order valence-electron chi connectivity index (χ1n) is 7.42. The number of carboxylic acid groups (broad SMARTS) is 1. The second-order valence-electron chi connectivity index (χ2n) is 5.66. The van der Waals surface area contributed by atoms with Crippen molar-refractivity contribution >= 4 is 11.9 Å². The summed E-state index contributed by atoms with van der Waals surface area (Å²) in [5, 5.41) is 28.5. The highest BCUT2D eigenvalue weighted by atomic mass is 16.4. The molecule has 0 aromatic carbocycles. The Kier molecular flexibility index (Phi) is 8.49. The van der Waals surface area contributed by atoms with Gasteiger partial charge in [0.1, 0.15) is 0 Å². The second kappa shape index (κ2) is 9.52. The molecule has 0 aromatic rings. The van der Waals surface area contributed by atoms with E-state index in [1.807, 2.05) is 13.0 Å². The lowest BCUT2D eigenvalue weighted by Gasteiger charge is -2.17. The summed E-state index contributed by atoms with van der Waals surface area (Å²) in [6, 6.07) is 1.99. The van der Waals surface area contributed by atoms with Gasteiger partial charge >= 0.3 is 11.6 Å². The number of carboxylic acids is 1. The first kappa shape index (κ1) is 20.5. The molecule has 2 N–H and O–H groups in total. The van der Waals surface area contributed by atoms with E-state index in [2.05, 4.69) is 20.4 Å². The molecule has 0 spiro atoms. The molecule has 8 heteroatoms. The number of nitrogens with zero attached hydrogens (tertiary/aromatic N) is 4. The summed E-state index contributed by atoms with van der Waals surface area (Å²) in [7, 11) is 0. The highest BCUT2D eigenvalue weighted by molar-refractivity contribution is 5.75. The van der Waals surface area contributed by atoms with Gasteiger partial charge in [-0.3, -0.25) is 14.4 Å². The van der Waals surface area contributed by atoms with Crippen molar-refractivity contribution in [3.63, 3.8) is 0 Å². The van der Waals surface area contributed by atoms with Gasteiger partial charge < -0.3 is 10.4 Å². The van der Waals surface area contributed by atoms with Gasteiger partial charge in [0.15, 0.2) is 5.54 Å². The average Bonchev–Trinajstić information content (AvgIpc) is 2.54. The highest BCUT2D eigenvalue weighted by Crippen LogP contribution is 2.24. The number of carbonyl (C=O) groups is 2. The largest absolute Gasteiger partial charge is 0.481 e. The molecular formula is C15H23N5O3. The molecule has 23 heavy (non-hydrogen) atoms. The number of hydrogen-bond acceptors (Lipinski definition) is 5. The Morgan fingerprint density at radius 1 is 1.30 bits per heavy atom. The molecule has 0 heterocycles. The van der Waals surface area contributed by atoms with Gasteiger partial charge in [-0.25, -0.2) is 6.57 Å². The van der Waals surface area contributed by atoms with E-state index in [0.717, 1.165) is 6.42 Å². The van der Waals surface area contributed by atoms with Crippen LogP contribution in [0, 0.1) is 17.9 Å². The van der Waals surface area contributed by atoms with E-state index in [0.29, 0.717) is 6.54 Å². The fourth-order valence-corrected chi connectivity index (χ4v) is 1.53. The summed E-state index contributed by atoms with van der Waals surface area (Å²) in [4.78, 5) is 25.5. The number of nitrogens with one attached hydrogen (secondary N) is 1. The summed E-state index contributed by atoms with van der Waals surface area (Å²) in [6.07, 6.45) is 0.935. The van der Waals surface area contributed by atoms with Crippen LogP contribution < -0.4 is 5.32 Å². The van der Waals surface area contributed by atoms with E-state index >= 15 is 0 Å². The average molecular weight is 321 g/mol. The number of rotatable bonds is 10. The van der Waals surface area contributed by atoms with Crippen molar-refractivity contribution < 1.29 is 14.7 Å². The first-order valence-corrected chi connectivity index (χ1v) is 7.42. The van der Waals surface area contributed by atoms with Crippen molar-refractivity contribution in [3.8, 4) is 6.07 Å². The molecular weight excluding hydrogens is 298 g/mol. The van der Waals surface area contributed by atoms with Crippen molar-refractivity contribution in [1.29, 1.82) is 5.26 Å². The summed E-state index contributed by atoms with van der Waals surface area (Å²) in [6.45, 7) is 12.7. The Hall–Kier alpha value is -2.48. The molecule has 0 saturated carbocycles. The van der Waals surface area contributed by atoms with Gasteiger partial charge in [-0.15, -0.1) is 5.11 Å². The third-order valence-electron chi connectivity index (χ3n) is 3.19. The van der Waals surface area contributed by atoms with E-state index in [9.17, 15) is 14.9 Å². The zero-order valence-electron chi connectivity index (χ0n) is 13.8. The molecule has 0 aliphatic rings. The van der Waals surface area contributed by atoms with E-state index in [4.69, 9.17) is 11.7 Å². The van der Waals surface area contributed by atoms with Crippen molar-refractivity contribution in [2.45, 2.75) is 64.1 Å². The Labute approximate surface area is 136 Å². The van der Waals surface area contributed by atoms with Gasteiger partial charge in [0, 0.05) is 19.9 Å². The van der Waals surface area contributed by atoms with Crippen molar-refractivity contribution in [1.82, 2.24) is 5.32 Å². The molecule has 0 bridgehead atoms. The fourth-order valence-electron chi connectivity index (χ4n) is 1.53. The van der Waals surface area contributed by atoms with E-state index < -0.39 is 17.2 Å². The zero-order valence-corrected chi connectivity index (χ0v) is 13.8. The van der Waals surface area contributed by atoms with Gasteiger partial charge in [0.05, 0.1) is 18.9 Å². The summed E-state index contributed by atoms with van der Waals surface area (Å²) < 4.78 is 0. The lowest BCUT2D eigenvalue weighted by Crippen LogP contribution is -2.28. The standard InChI is InChI=1S/C15H23N5O3/c1-5-10-18-12(21)6-8-14(2,11-16)19-20-15(3,17-4)9-7-13(22)23/h5-10H2,1-3H3,(H,18,21)(H,22,23). The number of carbonyl (C=O) groups excluding carboxylic acids is 1. The Morgan fingerprint density at radius 2 is 1.96 bits per heavy atom. The van der Waals surface area contributed by atoms with Gasteiger partial charge in [0.2, 0.25) is 5.91 Å². The van der Waals surface area contributed by atoms with Crippen molar-refractivity contribution in [2.24, 2.45) is 10.2 Å². The van der Waals surface area contributed by atoms with Crippen LogP contribution in [-0.2, 0) is 9.59 Å². The Balaban J connectivity index is 4.81. The molecule has 2 atom stereocenters. The van der Waals surface area contributed by atoms with Crippen LogP contribution in [-0.4, -0.2) is 34.7 Å². The van der Waals surface area contributed by atoms with Gasteiger partial charge in [-0.05, 0) is 19.8 Å². The van der Waals surface area contributed by atoms with Crippen LogP contribution in [0.4, 0.5) is 0 Å². The summed E-state index contributed by atoms with van der Waals surface area (Å²) in [5.41, 5.74) is -2.54. The van der Waals surface area contributed by atoms with Crippen molar-refractivity contribution in [2.75, 3.05) is 6.54 Å². The smallest absolute Gasteiger partial charge is 0.338 e. The highest BCUT2D eigenvalue weighted by Gasteiger charge is 2.33. The molecule has 2 unspecified atom stereocenters. The minimum atomic E-state index is -1.32. The number of amides is 1. The zero-order chi connectivity index (χ0) is 17.9. The minimum absolute atomic E-state index is 0.00777. The van der Waals surface area contributed by atoms with E-state index in [1.165, 1.54) is 13.8 Å². The lowest BCUT2D eigenvalue weighted by atomic mass is 9.98. The molecule has 0 radical (unpaired) electrons. The molecule has 126 valence electrons. The van der Waals surface area contributed by atoms with Crippen molar-refractivity contribution in [3.05, 3.63) is 11.4 Å². The maximum atomic E-state index is 11.6. The molecule has 8 nitrogen and oxygen atoms in total. The predicted molar refractivity (Wildman–Crippen MR) is 83.3 cm³/mol. The predicted octanol–water partition coefficient (Wildman–Crippen LogP) is 2.53. The van der Waals surface area contributed by atoms with Gasteiger partial charge in [0.25, 0.3) is 0 Å². The SMILES string of the molecule is [C-]#[N+]C(C)(CCC(=O)O)N=NC(C)(C#N)CCC(=O)NCCC. The third-order valence-corrected chi connectivity index (χ3v) is 3.19. The molecule has 0 fully saturated rings. The summed E-state index contributed by atoms with van der Waals surface area (Å²) in [5.74, 6) is -1.19. The molecule has 1 amide bonds. The van der Waals surface area contributed by atoms with Crippen LogP contribution in [0.3, 0.4) is 0 Å². The van der Waals surface area contributed by atoms with E-state index in [1.54, 1.807) is 0 Å². The lowest BCUT2D eigenvalue weighted by molar-refractivity contribution is -0.137. The normalized spacial score (nSPS) is 15.9. The van der Waals surface area contributed by atoms with Crippen LogP contribution in [0.5, 0.6) is 0 Å². The Morgan fingerprint density at radius 3 is 2.43 bits per heavy atom. The van der Waals surface area contributed by atoms with Crippen LogP contribution in [0.15, 0.2) is 10.2 Å². The minimum Gasteiger partial charge on any atom is -0.481 e. The third kappa shape index (κ3) is 8.52. The molecule has 0 aliphatic heterocycles. The molecule has 0 saturated heterocycles. The van der Waals surface area contributed by atoms with E-state index in [-0.39, 0.29) is 31.6 Å². The fraction of sp³-hybridized carbons (Fsp3) is 0.733. The van der Waals surface area contributed by atoms with Crippen LogP contribution in [0.2, 0.25) is 0 Å². The maximum Gasteiger partial charge on any atom is 0.338 e. The van der Waals surface area contributed by atoms with Crippen LogP contribution in [0.25, 0.3) is 4.85 Å². The maximum absolute atomic E-state index is 11.6. The van der Waals surface area contributed by atoms with Gasteiger partial charge in [-0.2, -0.15) is 10.4 Å². The van der Waals surface area contributed by atoms with Crippen LogP contribution in [0.1, 0.15) is 52.9 Å². The monoisotopic (exact) mass is 321 g/mol. The Bertz CT molecular complexity index is 534. The second-order valence-corrected chi connectivity index (χ2v) is 5.66. The molecule has 0 aliphatic carbocycles.